The van der Waals surface area contributed by atoms with Gasteiger partial charge in [-0.05, 0) is 41.5 Å². The summed E-state index contributed by atoms with van der Waals surface area (Å²) >= 11 is 0. The topological polar surface area (TPSA) is 90.5 Å². The minimum atomic E-state index is 0.0421. The highest BCUT2D eigenvalue weighted by Crippen LogP contribution is 2.15. The fourth-order valence-electron chi connectivity index (χ4n) is 3.21. The zero-order chi connectivity index (χ0) is 17.2. The van der Waals surface area contributed by atoms with Crippen LogP contribution in [0.2, 0.25) is 0 Å². The fraction of sp³-hybridized carbons (Fsp3) is 0.353. The van der Waals surface area contributed by atoms with E-state index < -0.39 is 0 Å². The number of hydrogen-bond donors (Lipinski definition) is 1. The van der Waals surface area contributed by atoms with E-state index in [-0.39, 0.29) is 11.9 Å². The van der Waals surface area contributed by atoms with Crippen molar-refractivity contribution in [1.82, 2.24) is 35.1 Å². The zero-order valence-corrected chi connectivity index (χ0v) is 14.0. The lowest BCUT2D eigenvalue weighted by Crippen LogP contribution is -2.41. The zero-order valence-electron chi connectivity index (χ0n) is 14.0. The van der Waals surface area contributed by atoms with Crippen LogP contribution in [0.15, 0.2) is 36.8 Å². The van der Waals surface area contributed by atoms with Gasteiger partial charge in [0.2, 0.25) is 5.91 Å². The average molecular weight is 337 g/mol. The maximum absolute atomic E-state index is 12.3. The Morgan fingerprint density at radius 2 is 2.16 bits per heavy atom. The minimum Gasteiger partial charge on any atom is -0.351 e. The normalized spacial score (nSPS) is 16.4. The molecule has 0 saturated heterocycles. The van der Waals surface area contributed by atoms with Gasteiger partial charge in [-0.1, -0.05) is 12.1 Å². The van der Waals surface area contributed by atoms with Gasteiger partial charge in [0.1, 0.15) is 12.2 Å². The van der Waals surface area contributed by atoms with Gasteiger partial charge in [0, 0.05) is 25.2 Å². The predicted molar refractivity (Wildman–Crippen MR) is 90.1 cm³/mol. The monoisotopic (exact) mass is 337 g/mol. The molecule has 1 atom stereocenters. The molecule has 1 aliphatic heterocycles. The molecular formula is C17H19N7O. The van der Waals surface area contributed by atoms with Gasteiger partial charge in [0.15, 0.2) is 0 Å². The van der Waals surface area contributed by atoms with Crippen LogP contribution in [-0.2, 0) is 24.2 Å². The predicted octanol–water partition coefficient (Wildman–Crippen LogP) is 0.841. The molecule has 1 aliphatic rings. The van der Waals surface area contributed by atoms with Crippen LogP contribution in [-0.4, -0.2) is 41.7 Å². The number of fused-ring (bicyclic) bond motifs is 1. The standard InChI is InChI=1S/C17H19N7O/c1-12-9-23-10-14(4-7-16(23)19-12)20-17(25)8-13-2-5-15(6-3-13)24-11-18-21-22-24/h2-3,5-6,9,11,14H,4,7-8,10H2,1H3,(H,20,25)/t14-/m0/s1. The molecule has 0 saturated carbocycles. The summed E-state index contributed by atoms with van der Waals surface area (Å²) in [6, 6.07) is 7.82. The molecule has 0 fully saturated rings. The lowest BCUT2D eigenvalue weighted by molar-refractivity contribution is -0.121. The van der Waals surface area contributed by atoms with Gasteiger partial charge in [-0.2, -0.15) is 0 Å². The van der Waals surface area contributed by atoms with Crippen molar-refractivity contribution in [2.75, 3.05) is 0 Å². The molecule has 8 nitrogen and oxygen atoms in total. The highest BCUT2D eigenvalue weighted by atomic mass is 16.1. The number of benzene rings is 1. The van der Waals surface area contributed by atoms with Crippen LogP contribution in [0.3, 0.4) is 0 Å². The molecule has 0 unspecified atom stereocenters. The van der Waals surface area contributed by atoms with Crippen LogP contribution in [0.1, 0.15) is 23.5 Å². The number of nitrogens with one attached hydrogen (secondary N) is 1. The molecular weight excluding hydrogens is 318 g/mol. The molecule has 128 valence electrons. The van der Waals surface area contributed by atoms with Crippen molar-refractivity contribution >= 4 is 5.91 Å². The molecule has 0 spiro atoms. The number of carbonyl (C=O) groups excluding carboxylic acids is 1. The lowest BCUT2D eigenvalue weighted by atomic mass is 10.1. The number of nitrogens with zero attached hydrogens (tertiary/aromatic N) is 6. The Hall–Kier alpha value is -3.03. The Balaban J connectivity index is 1.35. The van der Waals surface area contributed by atoms with Crippen molar-refractivity contribution < 1.29 is 4.79 Å². The van der Waals surface area contributed by atoms with E-state index in [1.165, 1.54) is 6.33 Å². The van der Waals surface area contributed by atoms with Crippen molar-refractivity contribution in [3.05, 3.63) is 53.9 Å². The van der Waals surface area contributed by atoms with Gasteiger partial charge >= 0.3 is 0 Å². The van der Waals surface area contributed by atoms with Crippen LogP contribution in [0.4, 0.5) is 0 Å². The molecule has 1 aromatic carbocycles. The maximum Gasteiger partial charge on any atom is 0.224 e. The summed E-state index contributed by atoms with van der Waals surface area (Å²) in [5.74, 6) is 1.15. The van der Waals surface area contributed by atoms with Crippen LogP contribution >= 0.6 is 0 Å². The minimum absolute atomic E-state index is 0.0421. The van der Waals surface area contributed by atoms with E-state index in [0.717, 1.165) is 42.2 Å². The third-order valence-corrected chi connectivity index (χ3v) is 4.39. The quantitative estimate of drug-likeness (QED) is 0.762. The van der Waals surface area contributed by atoms with Crippen LogP contribution in [0, 0.1) is 6.92 Å². The van der Waals surface area contributed by atoms with E-state index in [2.05, 4.69) is 30.4 Å². The van der Waals surface area contributed by atoms with Gasteiger partial charge in [0.25, 0.3) is 0 Å². The first kappa shape index (κ1) is 15.5. The highest BCUT2D eigenvalue weighted by Gasteiger charge is 2.21. The van der Waals surface area contributed by atoms with E-state index in [4.69, 9.17) is 0 Å². The molecule has 3 aromatic rings. The lowest BCUT2D eigenvalue weighted by Gasteiger charge is -2.24. The summed E-state index contributed by atoms with van der Waals surface area (Å²) in [4.78, 5) is 16.8. The summed E-state index contributed by atoms with van der Waals surface area (Å²) in [7, 11) is 0. The van der Waals surface area contributed by atoms with Gasteiger partial charge in [-0.15, -0.1) is 5.10 Å². The Morgan fingerprint density at radius 1 is 1.32 bits per heavy atom. The number of rotatable bonds is 4. The Bertz CT molecular complexity index is 867. The van der Waals surface area contributed by atoms with E-state index in [0.29, 0.717) is 6.42 Å². The second-order valence-electron chi connectivity index (χ2n) is 6.35. The molecule has 0 aliphatic carbocycles. The summed E-state index contributed by atoms with van der Waals surface area (Å²) in [6.45, 7) is 2.79. The smallest absolute Gasteiger partial charge is 0.224 e. The number of carbonyl (C=O) groups is 1. The van der Waals surface area contributed by atoms with Crippen LogP contribution < -0.4 is 5.32 Å². The number of imidazole rings is 1. The Morgan fingerprint density at radius 3 is 2.92 bits per heavy atom. The number of aromatic nitrogens is 6. The summed E-state index contributed by atoms with van der Waals surface area (Å²) < 4.78 is 3.72. The maximum atomic E-state index is 12.3. The average Bonchev–Trinajstić information content (AvgIpc) is 3.23. The van der Waals surface area contributed by atoms with Crippen LogP contribution in [0.25, 0.3) is 5.69 Å². The first-order valence-corrected chi connectivity index (χ1v) is 8.32. The second-order valence-corrected chi connectivity index (χ2v) is 6.35. The summed E-state index contributed by atoms with van der Waals surface area (Å²) in [5.41, 5.74) is 2.86. The highest BCUT2D eigenvalue weighted by molar-refractivity contribution is 5.78. The molecule has 2 aromatic heterocycles. The van der Waals surface area contributed by atoms with E-state index in [9.17, 15) is 4.79 Å². The molecule has 1 amide bonds. The van der Waals surface area contributed by atoms with Crippen LogP contribution in [0.5, 0.6) is 0 Å². The number of tetrazole rings is 1. The van der Waals surface area contributed by atoms with Crippen molar-refractivity contribution in [2.45, 2.75) is 38.8 Å². The molecule has 4 rings (SSSR count). The number of aryl methyl sites for hydroxylation is 2. The Kier molecular flexibility index (Phi) is 4.01. The van der Waals surface area contributed by atoms with Gasteiger partial charge in [-0.25, -0.2) is 9.67 Å². The summed E-state index contributed by atoms with van der Waals surface area (Å²) in [5, 5.41) is 14.2. The summed E-state index contributed by atoms with van der Waals surface area (Å²) in [6.07, 6.45) is 5.78. The number of amides is 1. The molecule has 25 heavy (non-hydrogen) atoms. The van der Waals surface area contributed by atoms with E-state index in [1.54, 1.807) is 4.68 Å². The fourth-order valence-corrected chi connectivity index (χ4v) is 3.21. The largest absolute Gasteiger partial charge is 0.351 e. The third kappa shape index (κ3) is 3.42. The first-order valence-electron chi connectivity index (χ1n) is 8.32. The Labute approximate surface area is 144 Å². The molecule has 3 heterocycles. The molecule has 1 N–H and O–H groups in total. The van der Waals surface area contributed by atoms with Gasteiger partial charge < -0.3 is 9.88 Å². The third-order valence-electron chi connectivity index (χ3n) is 4.39. The SMILES string of the molecule is Cc1cn2c(n1)CC[C@H](NC(=O)Cc1ccc(-n3cnnn3)cc1)C2. The van der Waals surface area contributed by atoms with E-state index in [1.807, 2.05) is 37.4 Å². The van der Waals surface area contributed by atoms with Crippen molar-refractivity contribution in [3.63, 3.8) is 0 Å². The van der Waals surface area contributed by atoms with Crippen molar-refractivity contribution in [1.29, 1.82) is 0 Å². The molecule has 0 radical (unpaired) electrons. The van der Waals surface area contributed by atoms with Gasteiger partial charge in [-0.3, -0.25) is 4.79 Å². The molecule has 8 heteroatoms. The first-order chi connectivity index (χ1) is 12.2. The van der Waals surface area contributed by atoms with E-state index >= 15 is 0 Å². The second kappa shape index (κ2) is 6.46. The number of hydrogen-bond acceptors (Lipinski definition) is 5. The van der Waals surface area contributed by atoms with Crippen molar-refractivity contribution in [3.8, 4) is 5.69 Å². The van der Waals surface area contributed by atoms with Gasteiger partial charge in [0.05, 0.1) is 17.8 Å². The molecule has 0 bridgehead atoms. The van der Waals surface area contributed by atoms with Crippen molar-refractivity contribution in [2.24, 2.45) is 0 Å².